The molecule has 1 aliphatic rings. The molecule has 4 nitrogen and oxygen atoms in total. The molecule has 96 valence electrons. The Morgan fingerprint density at radius 2 is 2.38 bits per heavy atom. The van der Waals surface area contributed by atoms with Gasteiger partial charge in [-0.25, -0.2) is 0 Å². The first-order chi connectivity index (χ1) is 7.76. The van der Waals surface area contributed by atoms with Gasteiger partial charge < -0.3 is 20.1 Å². The van der Waals surface area contributed by atoms with E-state index in [0.29, 0.717) is 12.6 Å². The zero-order valence-electron chi connectivity index (χ0n) is 10.6. The Balaban J connectivity index is 2.19. The molecule has 0 amide bonds. The van der Waals surface area contributed by atoms with Gasteiger partial charge in [-0.2, -0.15) is 0 Å². The number of rotatable bonds is 7. The minimum atomic E-state index is 0.228. The second-order valence-corrected chi connectivity index (χ2v) is 4.84. The minimum absolute atomic E-state index is 0.228. The van der Waals surface area contributed by atoms with Gasteiger partial charge in [0.1, 0.15) is 0 Å². The Labute approximate surface area is 99.0 Å². The fourth-order valence-corrected chi connectivity index (χ4v) is 2.37. The van der Waals surface area contributed by atoms with Crippen LogP contribution in [0.3, 0.4) is 0 Å². The summed E-state index contributed by atoms with van der Waals surface area (Å²) in [6, 6.07) is 0.294. The van der Waals surface area contributed by atoms with Gasteiger partial charge in [-0.05, 0) is 45.3 Å². The van der Waals surface area contributed by atoms with Crippen molar-refractivity contribution < 1.29 is 9.84 Å². The minimum Gasteiger partial charge on any atom is -0.396 e. The Morgan fingerprint density at radius 1 is 1.56 bits per heavy atom. The maximum Gasteiger partial charge on any atom is 0.0616 e. The fraction of sp³-hybridized carbons (Fsp3) is 1.00. The number of aliphatic hydroxyl groups excluding tert-OH is 1. The van der Waals surface area contributed by atoms with Crippen LogP contribution in [0.15, 0.2) is 0 Å². The van der Waals surface area contributed by atoms with Crippen LogP contribution in [0.4, 0.5) is 0 Å². The van der Waals surface area contributed by atoms with E-state index in [4.69, 9.17) is 9.84 Å². The van der Waals surface area contributed by atoms with Crippen LogP contribution in [-0.2, 0) is 4.74 Å². The molecule has 1 saturated heterocycles. The standard InChI is InChI=1S/C12H26N2O2/c1-14-6-3-4-11(9-14)8-13-12(5-7-15)10-16-2/h11-13,15H,3-10H2,1-2H3. The lowest BCUT2D eigenvalue weighted by Gasteiger charge is -2.31. The highest BCUT2D eigenvalue weighted by Gasteiger charge is 2.18. The average molecular weight is 230 g/mol. The summed E-state index contributed by atoms with van der Waals surface area (Å²) < 4.78 is 5.13. The normalized spacial score (nSPS) is 24.6. The second kappa shape index (κ2) is 8.01. The number of piperidine rings is 1. The monoisotopic (exact) mass is 230 g/mol. The zero-order valence-corrected chi connectivity index (χ0v) is 10.6. The van der Waals surface area contributed by atoms with E-state index in [1.165, 1.54) is 25.9 Å². The summed E-state index contributed by atoms with van der Waals surface area (Å²) in [6.07, 6.45) is 3.39. The van der Waals surface area contributed by atoms with Crippen molar-refractivity contribution >= 4 is 0 Å². The van der Waals surface area contributed by atoms with Gasteiger partial charge in [0.2, 0.25) is 0 Å². The molecule has 2 unspecified atom stereocenters. The molecule has 1 heterocycles. The highest BCUT2D eigenvalue weighted by molar-refractivity contribution is 4.75. The van der Waals surface area contributed by atoms with E-state index in [2.05, 4.69) is 17.3 Å². The van der Waals surface area contributed by atoms with Crippen molar-refractivity contribution in [3.8, 4) is 0 Å². The van der Waals surface area contributed by atoms with Crippen LogP contribution >= 0.6 is 0 Å². The molecule has 2 N–H and O–H groups in total. The molecule has 0 aromatic carbocycles. The molecule has 1 aliphatic heterocycles. The van der Waals surface area contributed by atoms with Gasteiger partial charge >= 0.3 is 0 Å². The molecule has 16 heavy (non-hydrogen) atoms. The molecule has 0 radical (unpaired) electrons. The molecule has 0 aromatic heterocycles. The maximum absolute atomic E-state index is 8.94. The Bertz CT molecular complexity index is 168. The molecule has 0 aromatic rings. The van der Waals surface area contributed by atoms with Crippen LogP contribution in [0, 0.1) is 5.92 Å². The van der Waals surface area contributed by atoms with Crippen LogP contribution < -0.4 is 5.32 Å². The second-order valence-electron chi connectivity index (χ2n) is 4.84. The summed E-state index contributed by atoms with van der Waals surface area (Å²) in [6.45, 7) is 4.37. The fourth-order valence-electron chi connectivity index (χ4n) is 2.37. The predicted octanol–water partition coefficient (Wildman–Crippen LogP) is 0.315. The summed E-state index contributed by atoms with van der Waals surface area (Å²) in [7, 11) is 3.90. The van der Waals surface area contributed by atoms with Crippen molar-refractivity contribution in [2.45, 2.75) is 25.3 Å². The summed E-state index contributed by atoms with van der Waals surface area (Å²) in [5.41, 5.74) is 0. The summed E-state index contributed by atoms with van der Waals surface area (Å²) in [5.74, 6) is 0.747. The lowest BCUT2D eigenvalue weighted by molar-refractivity contribution is 0.139. The van der Waals surface area contributed by atoms with E-state index in [0.717, 1.165) is 18.9 Å². The smallest absolute Gasteiger partial charge is 0.0616 e. The molecule has 0 saturated carbocycles. The topological polar surface area (TPSA) is 44.7 Å². The molecular weight excluding hydrogens is 204 g/mol. The van der Waals surface area contributed by atoms with Gasteiger partial charge in [0.05, 0.1) is 6.61 Å². The predicted molar refractivity (Wildman–Crippen MR) is 65.6 cm³/mol. The Hall–Kier alpha value is -0.160. The average Bonchev–Trinajstić information content (AvgIpc) is 2.27. The highest BCUT2D eigenvalue weighted by atomic mass is 16.5. The van der Waals surface area contributed by atoms with Gasteiger partial charge in [-0.15, -0.1) is 0 Å². The van der Waals surface area contributed by atoms with Gasteiger partial charge in [0.25, 0.3) is 0 Å². The van der Waals surface area contributed by atoms with E-state index in [9.17, 15) is 0 Å². The Kier molecular flexibility index (Phi) is 6.96. The quantitative estimate of drug-likeness (QED) is 0.661. The van der Waals surface area contributed by atoms with Crippen molar-refractivity contribution in [3.05, 3.63) is 0 Å². The van der Waals surface area contributed by atoms with Crippen LogP contribution in [0.25, 0.3) is 0 Å². The first kappa shape index (κ1) is 13.9. The number of methoxy groups -OCH3 is 1. The van der Waals surface area contributed by atoms with E-state index < -0.39 is 0 Å². The Morgan fingerprint density at radius 3 is 3.00 bits per heavy atom. The van der Waals surface area contributed by atoms with Crippen LogP contribution in [0.2, 0.25) is 0 Å². The van der Waals surface area contributed by atoms with E-state index in [1.807, 2.05) is 0 Å². The number of nitrogens with one attached hydrogen (secondary N) is 1. The van der Waals surface area contributed by atoms with Gasteiger partial charge in [0.15, 0.2) is 0 Å². The van der Waals surface area contributed by atoms with Crippen molar-refractivity contribution in [1.82, 2.24) is 10.2 Å². The number of nitrogens with zero attached hydrogens (tertiary/aromatic N) is 1. The lowest BCUT2D eigenvalue weighted by Crippen LogP contribution is -2.42. The third-order valence-corrected chi connectivity index (χ3v) is 3.26. The molecule has 0 aliphatic carbocycles. The van der Waals surface area contributed by atoms with Crippen LogP contribution in [0.5, 0.6) is 0 Å². The molecule has 4 heteroatoms. The van der Waals surface area contributed by atoms with Crippen molar-refractivity contribution in [3.63, 3.8) is 0 Å². The summed E-state index contributed by atoms with van der Waals surface area (Å²) in [4.78, 5) is 2.40. The van der Waals surface area contributed by atoms with Crippen LogP contribution in [-0.4, -0.2) is 63.1 Å². The van der Waals surface area contributed by atoms with Crippen LogP contribution in [0.1, 0.15) is 19.3 Å². The summed E-state index contributed by atoms with van der Waals surface area (Å²) in [5, 5.41) is 12.4. The maximum atomic E-state index is 8.94. The highest BCUT2D eigenvalue weighted by Crippen LogP contribution is 2.14. The first-order valence-corrected chi connectivity index (χ1v) is 6.28. The number of ether oxygens (including phenoxy) is 1. The third-order valence-electron chi connectivity index (χ3n) is 3.26. The SMILES string of the molecule is COCC(CCO)NCC1CCCN(C)C1. The molecule has 1 rings (SSSR count). The summed E-state index contributed by atoms with van der Waals surface area (Å²) >= 11 is 0. The van der Waals surface area contributed by atoms with E-state index in [1.54, 1.807) is 7.11 Å². The van der Waals surface area contributed by atoms with E-state index in [-0.39, 0.29) is 6.61 Å². The molecule has 1 fully saturated rings. The van der Waals surface area contributed by atoms with Gasteiger partial charge in [-0.3, -0.25) is 0 Å². The van der Waals surface area contributed by atoms with Crippen molar-refractivity contribution in [1.29, 1.82) is 0 Å². The number of hydrogen-bond acceptors (Lipinski definition) is 4. The molecule has 0 spiro atoms. The molecule has 0 bridgehead atoms. The van der Waals surface area contributed by atoms with Gasteiger partial charge in [0, 0.05) is 26.3 Å². The molecule has 2 atom stereocenters. The van der Waals surface area contributed by atoms with Gasteiger partial charge in [-0.1, -0.05) is 0 Å². The molecular formula is C12H26N2O2. The third kappa shape index (κ3) is 5.25. The number of likely N-dealkylation sites (tertiary alicyclic amines) is 1. The number of hydrogen-bond donors (Lipinski definition) is 2. The van der Waals surface area contributed by atoms with Crippen molar-refractivity contribution in [2.75, 3.05) is 47.0 Å². The van der Waals surface area contributed by atoms with Crippen molar-refractivity contribution in [2.24, 2.45) is 5.92 Å². The number of aliphatic hydroxyl groups is 1. The van der Waals surface area contributed by atoms with E-state index >= 15 is 0 Å². The largest absolute Gasteiger partial charge is 0.396 e. The first-order valence-electron chi connectivity index (χ1n) is 6.28. The zero-order chi connectivity index (χ0) is 11.8. The lowest BCUT2D eigenvalue weighted by atomic mass is 9.98.